The fourth-order valence-corrected chi connectivity index (χ4v) is 1.60. The Bertz CT molecular complexity index is 308. The zero-order valence-electron chi connectivity index (χ0n) is 14.0. The molecular weight excluding hydrogens is 302 g/mol. The van der Waals surface area contributed by atoms with Gasteiger partial charge in [-0.15, -0.1) is 0 Å². The van der Waals surface area contributed by atoms with Gasteiger partial charge in [0.15, 0.2) is 0 Å². The molecule has 7 heteroatoms. The summed E-state index contributed by atoms with van der Waals surface area (Å²) in [5.41, 5.74) is 12.1. The van der Waals surface area contributed by atoms with Gasteiger partial charge in [0.05, 0.1) is 5.65 Å². The monoisotopic (exact) mass is 329 g/mol. The molecule has 0 aliphatic rings. The van der Waals surface area contributed by atoms with Crippen LogP contribution in [-0.4, -0.2) is 17.8 Å². The number of hydrogen-bond donors (Lipinski definition) is 0. The second-order valence-electron chi connectivity index (χ2n) is 6.71. The van der Waals surface area contributed by atoms with E-state index in [2.05, 4.69) is 27.7 Å². The van der Waals surface area contributed by atoms with Crippen molar-refractivity contribution in [2.24, 2.45) is 16.7 Å². The van der Waals surface area contributed by atoms with Gasteiger partial charge >= 0.3 is 51.4 Å². The van der Waals surface area contributed by atoms with E-state index < -0.39 is 11.7 Å². The molecule has 0 saturated heterocycles. The first-order valence-electron chi connectivity index (χ1n) is 6.12. The van der Waals surface area contributed by atoms with Gasteiger partial charge in [0.25, 0.3) is 0 Å². The minimum absolute atomic E-state index is 0. The van der Waals surface area contributed by atoms with Crippen molar-refractivity contribution in [1.29, 1.82) is 0 Å². The Labute approximate surface area is 167 Å². The van der Waals surface area contributed by atoms with Crippen molar-refractivity contribution in [2.75, 3.05) is 0 Å². The van der Waals surface area contributed by atoms with Crippen molar-refractivity contribution in [1.82, 2.24) is 0 Å². The molecule has 0 fully saturated rings. The van der Waals surface area contributed by atoms with Gasteiger partial charge in [-0.25, -0.2) is 0 Å². The third-order valence-electron chi connectivity index (χ3n) is 2.91. The van der Waals surface area contributed by atoms with Gasteiger partial charge in [-0.05, 0) is 16.7 Å². The predicted molar refractivity (Wildman–Crippen MR) is 82.1 cm³/mol. The molecule has 0 saturated carbocycles. The first kappa shape index (κ1) is 25.7. The van der Waals surface area contributed by atoms with Crippen LogP contribution in [0.3, 0.4) is 0 Å². The molecule has 2 unspecified atom stereocenters. The first-order valence-corrected chi connectivity index (χ1v) is 6.70. The average molecular weight is 329 g/mol. The Morgan fingerprint density at radius 1 is 1.00 bits per heavy atom. The van der Waals surface area contributed by atoms with E-state index in [0.29, 0.717) is 0 Å². The van der Waals surface area contributed by atoms with Crippen molar-refractivity contribution in [3.8, 4) is 0 Å². The van der Waals surface area contributed by atoms with Gasteiger partial charge in [-0.3, -0.25) is 4.79 Å². The van der Waals surface area contributed by atoms with Crippen molar-refractivity contribution >= 4 is 21.0 Å². The van der Waals surface area contributed by atoms with Crippen LogP contribution in [0.5, 0.6) is 0 Å². The van der Waals surface area contributed by atoms with Crippen molar-refractivity contribution < 1.29 is 65.7 Å². The molecular formula is C13H27KN2O3P-. The summed E-state index contributed by atoms with van der Waals surface area (Å²) in [5.74, 6) is 0.215. The van der Waals surface area contributed by atoms with Crippen LogP contribution >= 0.6 is 9.24 Å². The summed E-state index contributed by atoms with van der Waals surface area (Å²) >= 11 is 0. The van der Waals surface area contributed by atoms with Gasteiger partial charge in [0.2, 0.25) is 6.09 Å². The Morgan fingerprint density at radius 2 is 1.30 bits per heavy atom. The summed E-state index contributed by atoms with van der Waals surface area (Å²) < 4.78 is 5.13. The van der Waals surface area contributed by atoms with Crippen LogP contribution in [0.2, 0.25) is 0 Å². The van der Waals surface area contributed by atoms with Crippen LogP contribution in [0.4, 0.5) is 9.59 Å². The summed E-state index contributed by atoms with van der Waals surface area (Å²) in [6.45, 7) is 14.5. The number of carbonyl (C=O) groups is 2. The molecule has 114 valence electrons. The SMILES string of the molecule is C[C@H](C(OC([NH-])=O)C(C)(C)C)C(C)(C)C.[K+].[NH-]C(=O)P. The van der Waals surface area contributed by atoms with E-state index in [9.17, 15) is 4.79 Å². The molecule has 0 spiro atoms. The maximum absolute atomic E-state index is 10.8. The zero-order valence-corrected chi connectivity index (χ0v) is 18.2. The third-order valence-corrected chi connectivity index (χ3v) is 2.91. The van der Waals surface area contributed by atoms with Gasteiger partial charge in [-0.2, -0.15) is 0 Å². The average Bonchev–Trinajstić information content (AvgIpc) is 2.08. The number of carbonyl (C=O) groups excluding carboxylic acids is 2. The fourth-order valence-electron chi connectivity index (χ4n) is 1.60. The van der Waals surface area contributed by atoms with Crippen LogP contribution in [0.15, 0.2) is 0 Å². The molecule has 0 radical (unpaired) electrons. The molecule has 0 aromatic rings. The largest absolute Gasteiger partial charge is 1.00 e. The number of nitrogens with one attached hydrogen (secondary N) is 2. The maximum Gasteiger partial charge on any atom is 1.00 e. The summed E-state index contributed by atoms with van der Waals surface area (Å²) in [4.78, 5) is 19.9. The minimum atomic E-state index is -0.939. The molecule has 0 aliphatic heterocycles. The summed E-state index contributed by atoms with van der Waals surface area (Å²) in [6, 6.07) is 0. The van der Waals surface area contributed by atoms with Gasteiger partial charge in [0, 0.05) is 0 Å². The Balaban J connectivity index is -0.000000508. The molecule has 20 heavy (non-hydrogen) atoms. The topological polar surface area (TPSA) is 91.0 Å². The zero-order chi connectivity index (χ0) is 16.0. The van der Waals surface area contributed by atoms with Crippen LogP contribution in [0, 0.1) is 16.7 Å². The number of amides is 2. The standard InChI is InChI=1S/C12H25NO2.CH4NOP.K/c1-8(11(2,3)4)9(12(5,6)7)15-10(13)14;2-1(3)4;/h8-9H,1-7H3,(H2,13,14);4H2,(H2,2,3);/q;;+1/p-2/t8-,9?;;/m1../s1. The fraction of sp³-hybridized carbons (Fsp3) is 0.846. The van der Waals surface area contributed by atoms with Crippen LogP contribution < -0.4 is 51.4 Å². The van der Waals surface area contributed by atoms with Crippen LogP contribution in [0.1, 0.15) is 48.5 Å². The minimum Gasteiger partial charge on any atom is -0.664 e. The van der Waals surface area contributed by atoms with E-state index >= 15 is 0 Å². The van der Waals surface area contributed by atoms with E-state index in [1.54, 1.807) is 9.24 Å². The molecule has 0 aliphatic carbocycles. The van der Waals surface area contributed by atoms with Gasteiger partial charge in [0.1, 0.15) is 6.10 Å². The quantitative estimate of drug-likeness (QED) is 0.575. The van der Waals surface area contributed by atoms with Crippen LogP contribution in [-0.2, 0) is 4.74 Å². The van der Waals surface area contributed by atoms with E-state index in [-0.39, 0.29) is 74.2 Å². The molecule has 0 bridgehead atoms. The molecule has 0 aromatic carbocycles. The molecule has 2 amide bonds. The second kappa shape index (κ2) is 10.5. The predicted octanol–water partition coefficient (Wildman–Crippen LogP) is 2.31. The Morgan fingerprint density at radius 3 is 1.45 bits per heavy atom. The Hall–Kier alpha value is 0.806. The summed E-state index contributed by atoms with van der Waals surface area (Å²) in [7, 11) is 1.69. The molecule has 0 aromatic heterocycles. The number of rotatable bonds is 2. The molecule has 0 heterocycles. The molecule has 5 nitrogen and oxygen atoms in total. The van der Waals surface area contributed by atoms with E-state index in [4.69, 9.17) is 21.0 Å². The van der Waals surface area contributed by atoms with Crippen molar-refractivity contribution in [3.05, 3.63) is 11.5 Å². The molecule has 0 rings (SSSR count). The molecule has 2 N–H and O–H groups in total. The first-order chi connectivity index (χ1) is 8.19. The number of hydrogen-bond acceptors (Lipinski definition) is 3. The summed E-state index contributed by atoms with van der Waals surface area (Å²) in [5, 5.41) is 0. The van der Waals surface area contributed by atoms with E-state index in [1.807, 2.05) is 20.8 Å². The smallest absolute Gasteiger partial charge is 0.664 e. The third kappa shape index (κ3) is 13.8. The van der Waals surface area contributed by atoms with Crippen molar-refractivity contribution in [3.63, 3.8) is 0 Å². The summed E-state index contributed by atoms with van der Waals surface area (Å²) in [6.07, 6.45) is -1.16. The second-order valence-corrected chi connectivity index (χ2v) is 7.24. The molecule has 3 atom stereocenters. The van der Waals surface area contributed by atoms with Crippen molar-refractivity contribution in [2.45, 2.75) is 54.6 Å². The van der Waals surface area contributed by atoms with Gasteiger partial charge in [-0.1, -0.05) is 57.7 Å². The number of ether oxygens (including phenoxy) is 1. The van der Waals surface area contributed by atoms with Crippen LogP contribution in [0.25, 0.3) is 11.5 Å². The van der Waals surface area contributed by atoms with Gasteiger partial charge < -0.3 is 21.0 Å². The Kier molecular flexibility index (Phi) is 13.5. The van der Waals surface area contributed by atoms with E-state index in [1.165, 1.54) is 0 Å². The van der Waals surface area contributed by atoms with E-state index in [0.717, 1.165) is 0 Å². The normalized spacial score (nSPS) is 14.0. The maximum atomic E-state index is 10.8.